The average molecular weight is 293 g/mol. The highest BCUT2D eigenvalue weighted by Crippen LogP contribution is 2.61. The number of hydrogen-bond donors (Lipinski definition) is 1. The van der Waals surface area contributed by atoms with E-state index in [9.17, 15) is 5.11 Å². The first-order chi connectivity index (χ1) is 9.69. The van der Waals surface area contributed by atoms with E-state index >= 15 is 0 Å². The Balaban J connectivity index is 1.67. The van der Waals surface area contributed by atoms with Crippen molar-refractivity contribution in [3.63, 3.8) is 0 Å². The molecule has 1 N–H and O–H groups in total. The van der Waals surface area contributed by atoms with E-state index in [1.807, 2.05) is 0 Å². The van der Waals surface area contributed by atoms with Crippen LogP contribution < -0.4 is 0 Å². The minimum absolute atomic E-state index is 0.124. The van der Waals surface area contributed by atoms with Crippen LogP contribution in [0.4, 0.5) is 0 Å². The van der Waals surface area contributed by atoms with Crippen LogP contribution in [0.1, 0.15) is 66.2 Å². The SMILES string of the molecule is CC(N(C)CC(O)C12CC3CC(CC(C3)C1)C2)C(C)(C)C. The quantitative estimate of drug-likeness (QED) is 0.849. The van der Waals surface area contributed by atoms with Gasteiger partial charge in [-0.1, -0.05) is 20.8 Å². The number of aliphatic hydroxyl groups is 1. The van der Waals surface area contributed by atoms with Crippen LogP contribution in [0.3, 0.4) is 0 Å². The van der Waals surface area contributed by atoms with Crippen LogP contribution >= 0.6 is 0 Å². The molecule has 0 aromatic carbocycles. The predicted octanol–water partition coefficient (Wildman–Crippen LogP) is 3.93. The summed E-state index contributed by atoms with van der Waals surface area (Å²) in [6.45, 7) is 10.0. The first kappa shape index (κ1) is 15.8. The molecule has 2 nitrogen and oxygen atoms in total. The van der Waals surface area contributed by atoms with E-state index in [1.165, 1.54) is 38.5 Å². The Kier molecular flexibility index (Phi) is 3.94. The molecule has 2 unspecified atom stereocenters. The number of rotatable bonds is 4. The van der Waals surface area contributed by atoms with E-state index < -0.39 is 0 Å². The Labute approximate surface area is 131 Å². The summed E-state index contributed by atoms with van der Waals surface area (Å²) in [5, 5.41) is 11.1. The lowest BCUT2D eigenvalue weighted by Gasteiger charge is -2.59. The molecule has 0 saturated heterocycles. The van der Waals surface area contributed by atoms with Gasteiger partial charge in [-0.05, 0) is 81.1 Å². The van der Waals surface area contributed by atoms with Crippen molar-refractivity contribution in [2.75, 3.05) is 13.6 Å². The van der Waals surface area contributed by atoms with Crippen molar-refractivity contribution in [2.24, 2.45) is 28.6 Å². The fourth-order valence-electron chi connectivity index (χ4n) is 5.87. The number of hydrogen-bond acceptors (Lipinski definition) is 2. The van der Waals surface area contributed by atoms with Gasteiger partial charge < -0.3 is 10.0 Å². The molecule has 0 radical (unpaired) electrons. The molecule has 0 aliphatic heterocycles. The molecule has 4 bridgehead atoms. The van der Waals surface area contributed by atoms with Crippen molar-refractivity contribution in [1.29, 1.82) is 0 Å². The predicted molar refractivity (Wildman–Crippen MR) is 88.2 cm³/mol. The minimum Gasteiger partial charge on any atom is -0.391 e. The highest BCUT2D eigenvalue weighted by molar-refractivity contribution is 5.04. The van der Waals surface area contributed by atoms with Crippen molar-refractivity contribution in [3.8, 4) is 0 Å². The zero-order chi connectivity index (χ0) is 15.4. The summed E-state index contributed by atoms with van der Waals surface area (Å²) in [5.74, 6) is 2.78. The number of aliphatic hydroxyl groups excluding tert-OH is 1. The van der Waals surface area contributed by atoms with Crippen LogP contribution in [0.25, 0.3) is 0 Å². The maximum Gasteiger partial charge on any atom is 0.0723 e. The van der Waals surface area contributed by atoms with E-state index in [1.54, 1.807) is 0 Å². The van der Waals surface area contributed by atoms with E-state index in [-0.39, 0.29) is 16.9 Å². The highest BCUT2D eigenvalue weighted by atomic mass is 16.3. The Morgan fingerprint density at radius 1 is 1.05 bits per heavy atom. The van der Waals surface area contributed by atoms with Crippen molar-refractivity contribution in [2.45, 2.75) is 78.4 Å². The molecule has 21 heavy (non-hydrogen) atoms. The molecule has 4 aliphatic carbocycles. The number of likely N-dealkylation sites (N-methyl/N-ethyl adjacent to an activating group) is 1. The summed E-state index contributed by atoms with van der Waals surface area (Å²) in [6.07, 6.45) is 8.16. The second kappa shape index (κ2) is 5.23. The fraction of sp³-hybridized carbons (Fsp3) is 1.00. The van der Waals surface area contributed by atoms with Gasteiger partial charge >= 0.3 is 0 Å². The second-order valence-corrected chi connectivity index (χ2v) is 9.78. The zero-order valence-corrected chi connectivity index (χ0v) is 14.7. The van der Waals surface area contributed by atoms with Gasteiger partial charge in [0.25, 0.3) is 0 Å². The monoisotopic (exact) mass is 293 g/mol. The van der Waals surface area contributed by atoms with Crippen LogP contribution in [0.15, 0.2) is 0 Å². The molecule has 2 atom stereocenters. The second-order valence-electron chi connectivity index (χ2n) is 9.78. The molecule has 0 heterocycles. The van der Waals surface area contributed by atoms with Crippen LogP contribution in [0.2, 0.25) is 0 Å². The smallest absolute Gasteiger partial charge is 0.0723 e. The Morgan fingerprint density at radius 2 is 1.48 bits per heavy atom. The highest BCUT2D eigenvalue weighted by Gasteiger charge is 2.54. The van der Waals surface area contributed by atoms with Gasteiger partial charge in [0.2, 0.25) is 0 Å². The van der Waals surface area contributed by atoms with Gasteiger partial charge in [0.15, 0.2) is 0 Å². The lowest BCUT2D eigenvalue weighted by atomic mass is 9.48. The van der Waals surface area contributed by atoms with Gasteiger partial charge in [-0.3, -0.25) is 0 Å². The Bertz CT molecular complexity index is 348. The summed E-state index contributed by atoms with van der Waals surface area (Å²) in [7, 11) is 2.19. The summed E-state index contributed by atoms with van der Waals surface area (Å²) in [6, 6.07) is 0.501. The molecule has 2 heteroatoms. The third kappa shape index (κ3) is 2.91. The zero-order valence-electron chi connectivity index (χ0n) is 14.7. The minimum atomic E-state index is -0.124. The van der Waals surface area contributed by atoms with Crippen LogP contribution in [-0.4, -0.2) is 35.7 Å². The van der Waals surface area contributed by atoms with Gasteiger partial charge in [-0.15, -0.1) is 0 Å². The summed E-state index contributed by atoms with van der Waals surface area (Å²) >= 11 is 0. The molecule has 4 saturated carbocycles. The van der Waals surface area contributed by atoms with E-state index in [2.05, 4.69) is 39.6 Å². The lowest BCUT2D eigenvalue weighted by Crippen LogP contribution is -2.55. The Morgan fingerprint density at radius 3 is 1.86 bits per heavy atom. The van der Waals surface area contributed by atoms with E-state index in [0.29, 0.717) is 6.04 Å². The standard InChI is InChI=1S/C19H35NO/c1-13(18(2,3)4)20(5)12-17(21)19-9-14-6-15(10-19)8-16(7-14)11-19/h13-17,21H,6-12H2,1-5H3. The molecular weight excluding hydrogens is 258 g/mol. The third-order valence-corrected chi connectivity index (χ3v) is 7.17. The maximum atomic E-state index is 11.1. The van der Waals surface area contributed by atoms with Crippen molar-refractivity contribution >= 4 is 0 Å². The van der Waals surface area contributed by atoms with Gasteiger partial charge in [0.05, 0.1) is 6.10 Å². The maximum absolute atomic E-state index is 11.1. The van der Waals surface area contributed by atoms with Crippen molar-refractivity contribution in [1.82, 2.24) is 4.90 Å². The Hall–Kier alpha value is -0.0800. The van der Waals surface area contributed by atoms with E-state index in [4.69, 9.17) is 0 Å². The first-order valence-corrected chi connectivity index (χ1v) is 9.08. The molecular formula is C19H35NO. The summed E-state index contributed by atoms with van der Waals surface area (Å²) < 4.78 is 0. The van der Waals surface area contributed by atoms with Gasteiger partial charge in [-0.2, -0.15) is 0 Å². The molecule has 4 rings (SSSR count). The van der Waals surface area contributed by atoms with Gasteiger partial charge in [0, 0.05) is 12.6 Å². The molecule has 0 spiro atoms. The topological polar surface area (TPSA) is 23.5 Å². The van der Waals surface area contributed by atoms with Crippen LogP contribution in [-0.2, 0) is 0 Å². The average Bonchev–Trinajstić information content (AvgIpc) is 2.34. The molecule has 0 amide bonds. The normalized spacial score (nSPS) is 41.6. The molecule has 0 aromatic rings. The third-order valence-electron chi connectivity index (χ3n) is 7.17. The van der Waals surface area contributed by atoms with E-state index in [0.717, 1.165) is 24.3 Å². The van der Waals surface area contributed by atoms with Gasteiger partial charge in [-0.25, -0.2) is 0 Å². The van der Waals surface area contributed by atoms with Crippen molar-refractivity contribution in [3.05, 3.63) is 0 Å². The van der Waals surface area contributed by atoms with Gasteiger partial charge in [0.1, 0.15) is 0 Å². The first-order valence-electron chi connectivity index (χ1n) is 9.08. The van der Waals surface area contributed by atoms with Crippen LogP contribution in [0.5, 0.6) is 0 Å². The summed E-state index contributed by atoms with van der Waals surface area (Å²) in [4.78, 5) is 2.39. The molecule has 4 aliphatic rings. The lowest BCUT2D eigenvalue weighted by molar-refractivity contribution is -0.128. The molecule has 4 fully saturated rings. The number of nitrogens with zero attached hydrogens (tertiary/aromatic N) is 1. The van der Waals surface area contributed by atoms with Crippen molar-refractivity contribution < 1.29 is 5.11 Å². The fourth-order valence-corrected chi connectivity index (χ4v) is 5.87. The molecule has 0 aromatic heterocycles. The molecule has 122 valence electrons. The van der Waals surface area contributed by atoms with Crippen LogP contribution in [0, 0.1) is 28.6 Å². The largest absolute Gasteiger partial charge is 0.391 e. The summed E-state index contributed by atoms with van der Waals surface area (Å²) in [5.41, 5.74) is 0.538.